The molecule has 0 radical (unpaired) electrons. The van der Waals surface area contributed by atoms with Gasteiger partial charge < -0.3 is 0 Å². The first-order chi connectivity index (χ1) is 14.6. The van der Waals surface area contributed by atoms with E-state index in [0.29, 0.717) is 3.63 Å². The Kier molecular flexibility index (Phi) is 7.98. The molecule has 0 heterocycles. The van der Waals surface area contributed by atoms with Crippen molar-refractivity contribution in [2.24, 2.45) is 0 Å². The molecular weight excluding hydrogens is 510 g/mol. The van der Waals surface area contributed by atoms with Gasteiger partial charge in [-0.25, -0.2) is 0 Å². The van der Waals surface area contributed by atoms with E-state index in [4.69, 9.17) is 0 Å². The summed E-state index contributed by atoms with van der Waals surface area (Å²) in [5.74, 6) is 0. The number of aryl methyl sites for hydroxylation is 2. The number of halogens is 2. The first-order valence-electron chi connectivity index (χ1n) is 10.9. The van der Waals surface area contributed by atoms with E-state index in [1.807, 2.05) is 0 Å². The van der Waals surface area contributed by atoms with Crippen molar-refractivity contribution in [3.8, 4) is 11.1 Å². The second kappa shape index (κ2) is 10.2. The van der Waals surface area contributed by atoms with E-state index in [9.17, 15) is 0 Å². The molecule has 164 valence electrons. The minimum absolute atomic E-state index is 0. The van der Waals surface area contributed by atoms with Gasteiger partial charge in [0.25, 0.3) is 0 Å². The van der Waals surface area contributed by atoms with Crippen LogP contribution in [0.1, 0.15) is 51.7 Å². The Morgan fingerprint density at radius 3 is 1.81 bits per heavy atom. The summed E-state index contributed by atoms with van der Waals surface area (Å²) in [5, 5.41) is 0. The molecule has 2 aliphatic rings. The summed E-state index contributed by atoms with van der Waals surface area (Å²) in [5.41, 5.74) is 11.8. The fourth-order valence-electron chi connectivity index (χ4n) is 5.46. The molecule has 0 saturated heterocycles. The molecule has 0 aromatic heterocycles. The molecule has 0 N–H and O–H groups in total. The van der Waals surface area contributed by atoms with E-state index < -0.39 is 21.3 Å². The van der Waals surface area contributed by atoms with Crippen LogP contribution in [0.5, 0.6) is 0 Å². The molecule has 0 bridgehead atoms. The van der Waals surface area contributed by atoms with Crippen LogP contribution >= 0.6 is 24.8 Å². The topological polar surface area (TPSA) is 0 Å². The Morgan fingerprint density at radius 1 is 0.750 bits per heavy atom. The predicted molar refractivity (Wildman–Crippen MR) is 141 cm³/mol. The first-order valence-corrected chi connectivity index (χ1v) is 14.8. The first kappa shape index (κ1) is 25.1. The zero-order valence-corrected chi connectivity index (χ0v) is 23.2. The molecule has 3 aromatic carbocycles. The standard InChI is InChI=1S/C13H9.C13H13.C3H6.2ClH.Zr/c1-3-7-12-10(5-1)9-11-6-2-4-8-13(11)12;1-10-6-5-7-11(2)13(10)12-8-3-4-9-12;1-3-2;;;/h1-9H;3,5-8H,4H2,1-2H3;1-2H3;2*1H;. The molecule has 0 nitrogen and oxygen atoms in total. The van der Waals surface area contributed by atoms with Crippen molar-refractivity contribution in [1.82, 2.24) is 0 Å². The monoisotopic (exact) mass is 538 g/mol. The van der Waals surface area contributed by atoms with Crippen LogP contribution in [0.25, 0.3) is 16.7 Å². The van der Waals surface area contributed by atoms with Crippen LogP contribution in [0.3, 0.4) is 0 Å². The van der Waals surface area contributed by atoms with Crippen molar-refractivity contribution in [2.75, 3.05) is 0 Å². The van der Waals surface area contributed by atoms with Crippen molar-refractivity contribution < 1.29 is 21.3 Å². The number of hydrogen-bond acceptors (Lipinski definition) is 0. The van der Waals surface area contributed by atoms with Gasteiger partial charge in [-0.1, -0.05) is 0 Å². The maximum atomic E-state index is 2.42. The third-order valence-corrected chi connectivity index (χ3v) is 15.0. The van der Waals surface area contributed by atoms with Crippen molar-refractivity contribution >= 4 is 33.6 Å². The van der Waals surface area contributed by atoms with Crippen LogP contribution < -0.4 is 0 Å². The maximum Gasteiger partial charge on any atom is -0.147 e. The summed E-state index contributed by atoms with van der Waals surface area (Å²) in [7, 11) is 0. The van der Waals surface area contributed by atoms with Crippen molar-refractivity contribution in [3.63, 3.8) is 0 Å². The summed E-state index contributed by atoms with van der Waals surface area (Å²) < 4.78 is 4.04. The molecule has 0 spiro atoms. The smallest absolute Gasteiger partial charge is 0.147 e. The number of hydrogen-bond donors (Lipinski definition) is 0. The minimum Gasteiger partial charge on any atom is -0.147 e. The number of rotatable bonds is 3. The molecule has 0 fully saturated rings. The van der Waals surface area contributed by atoms with Gasteiger partial charge >= 0.3 is 189 Å². The summed E-state index contributed by atoms with van der Waals surface area (Å²) in [6, 6.07) is 25.0. The molecule has 2 aliphatic carbocycles. The van der Waals surface area contributed by atoms with E-state index >= 15 is 0 Å². The second-order valence-corrected chi connectivity index (χ2v) is 16.2. The van der Waals surface area contributed by atoms with Gasteiger partial charge in [0.15, 0.2) is 0 Å². The molecule has 3 heteroatoms. The summed E-state index contributed by atoms with van der Waals surface area (Å²) in [6.07, 6.45) is 5.96. The Morgan fingerprint density at radius 2 is 1.28 bits per heavy atom. The SMILES string of the molecule is C[C](C)=[Zr]([C]1=C(c2c(C)cccc2C)C=CC1)[CH]1c2ccccc2-c2ccccc21.Cl.Cl. The zero-order chi connectivity index (χ0) is 20.8. The maximum absolute atomic E-state index is 2.42. The van der Waals surface area contributed by atoms with Crippen LogP contribution in [0, 0.1) is 13.8 Å². The fourth-order valence-corrected chi connectivity index (χ4v) is 14.0. The molecular formula is C29H30Cl2Zr. The fraction of sp³-hybridized carbons (Fsp3) is 0.207. The van der Waals surface area contributed by atoms with Crippen LogP contribution in [0.15, 0.2) is 82.2 Å². The van der Waals surface area contributed by atoms with Gasteiger partial charge in [0.05, 0.1) is 0 Å². The van der Waals surface area contributed by atoms with E-state index in [-0.39, 0.29) is 24.8 Å². The van der Waals surface area contributed by atoms with E-state index in [1.54, 1.807) is 17.6 Å². The molecule has 0 amide bonds. The Balaban J connectivity index is 0.00000144. The number of fused-ring (bicyclic) bond motifs is 3. The van der Waals surface area contributed by atoms with Gasteiger partial charge in [-0.15, -0.1) is 24.8 Å². The third-order valence-electron chi connectivity index (χ3n) is 6.67. The van der Waals surface area contributed by atoms with Gasteiger partial charge in [0.1, 0.15) is 0 Å². The van der Waals surface area contributed by atoms with Gasteiger partial charge in [0, 0.05) is 0 Å². The number of benzene rings is 3. The Bertz CT molecular complexity index is 1190. The van der Waals surface area contributed by atoms with Crippen molar-refractivity contribution in [3.05, 3.63) is 110 Å². The predicted octanol–water partition coefficient (Wildman–Crippen LogP) is 8.42. The second-order valence-electron chi connectivity index (χ2n) is 8.79. The van der Waals surface area contributed by atoms with Gasteiger partial charge in [0.2, 0.25) is 0 Å². The summed E-state index contributed by atoms with van der Waals surface area (Å²) >= 11 is -2.18. The average Bonchev–Trinajstić information content (AvgIpc) is 3.32. The molecule has 0 atom stereocenters. The van der Waals surface area contributed by atoms with Crippen LogP contribution in [0.2, 0.25) is 0 Å². The van der Waals surface area contributed by atoms with Gasteiger partial charge in [-0.2, -0.15) is 0 Å². The minimum atomic E-state index is -2.18. The van der Waals surface area contributed by atoms with Gasteiger partial charge in [-0.3, -0.25) is 0 Å². The largest absolute Gasteiger partial charge is 0.147 e. The molecule has 0 unspecified atom stereocenters. The molecule has 3 aromatic rings. The third kappa shape index (κ3) is 4.09. The summed E-state index contributed by atoms with van der Waals surface area (Å²) in [4.78, 5) is 0. The Labute approximate surface area is 212 Å². The Hall–Kier alpha value is -1.53. The quantitative estimate of drug-likeness (QED) is 0.313. The van der Waals surface area contributed by atoms with Crippen molar-refractivity contribution in [1.29, 1.82) is 0 Å². The average molecular weight is 541 g/mol. The summed E-state index contributed by atoms with van der Waals surface area (Å²) in [6.45, 7) is 9.35. The number of allylic oxidation sites excluding steroid dienone is 4. The van der Waals surface area contributed by atoms with Crippen LogP contribution in [-0.4, -0.2) is 3.21 Å². The normalized spacial score (nSPS) is 13.9. The molecule has 0 aliphatic heterocycles. The van der Waals surface area contributed by atoms with E-state index in [0.717, 1.165) is 6.42 Å². The van der Waals surface area contributed by atoms with E-state index in [1.165, 1.54) is 33.4 Å². The molecule has 5 rings (SSSR count). The van der Waals surface area contributed by atoms with Crippen molar-refractivity contribution in [2.45, 2.75) is 37.7 Å². The molecule has 0 saturated carbocycles. The van der Waals surface area contributed by atoms with E-state index in [2.05, 4.69) is 107 Å². The zero-order valence-electron chi connectivity index (χ0n) is 19.1. The van der Waals surface area contributed by atoms with Gasteiger partial charge in [-0.05, 0) is 0 Å². The van der Waals surface area contributed by atoms with Crippen LogP contribution in [-0.2, 0) is 21.3 Å². The molecule has 32 heavy (non-hydrogen) atoms. The van der Waals surface area contributed by atoms with Crippen LogP contribution in [0.4, 0.5) is 0 Å².